The molecule has 0 amide bonds. The number of nitrogens with zero attached hydrogens (tertiary/aromatic N) is 3. The van der Waals surface area contributed by atoms with Crippen molar-refractivity contribution >= 4 is 5.52 Å². The summed E-state index contributed by atoms with van der Waals surface area (Å²) in [5.74, 6) is 0. The second kappa shape index (κ2) is 4.57. The second-order valence-corrected chi connectivity index (χ2v) is 5.02. The third kappa shape index (κ3) is 2.06. The maximum Gasteiger partial charge on any atom is 0.276 e. The summed E-state index contributed by atoms with van der Waals surface area (Å²) < 4.78 is 3.45. The Hall–Kier alpha value is -1.62. The van der Waals surface area contributed by atoms with E-state index in [9.17, 15) is 4.79 Å². The Balaban J connectivity index is 1.91. The Labute approximate surface area is 105 Å². The summed E-state index contributed by atoms with van der Waals surface area (Å²) in [6.07, 6.45) is 7.33. The number of piperidine rings is 1. The number of aryl methyl sites for hydroxylation is 1. The molecule has 3 heterocycles. The van der Waals surface area contributed by atoms with Gasteiger partial charge in [-0.1, -0.05) is 6.42 Å². The standard InChI is InChI=1S/C13H18N4O/c1-10-8-12-13(18)16(6-7-17(12)15-10)9-11-4-2-3-5-14-11/h6-8,11,14H,2-5,9H2,1H3. The Morgan fingerprint density at radius 3 is 3.11 bits per heavy atom. The van der Waals surface area contributed by atoms with Crippen LogP contribution in [0.5, 0.6) is 0 Å². The maximum absolute atomic E-state index is 12.3. The van der Waals surface area contributed by atoms with Crippen LogP contribution in [-0.2, 0) is 6.54 Å². The fourth-order valence-electron chi connectivity index (χ4n) is 2.61. The molecule has 5 nitrogen and oxygen atoms in total. The molecule has 18 heavy (non-hydrogen) atoms. The Kier molecular flexibility index (Phi) is 2.91. The first-order valence-corrected chi connectivity index (χ1v) is 6.53. The van der Waals surface area contributed by atoms with Crippen LogP contribution in [0.25, 0.3) is 5.52 Å². The number of nitrogens with one attached hydrogen (secondary N) is 1. The molecule has 1 unspecified atom stereocenters. The Bertz CT molecular complexity index is 607. The molecule has 1 fully saturated rings. The molecule has 5 heteroatoms. The summed E-state index contributed by atoms with van der Waals surface area (Å²) in [6, 6.07) is 2.26. The highest BCUT2D eigenvalue weighted by Crippen LogP contribution is 2.08. The van der Waals surface area contributed by atoms with E-state index in [4.69, 9.17) is 0 Å². The summed E-state index contributed by atoms with van der Waals surface area (Å²) in [7, 11) is 0. The fourth-order valence-corrected chi connectivity index (χ4v) is 2.61. The SMILES string of the molecule is Cc1cc2c(=O)n(CC3CCCCN3)ccn2n1. The third-order valence-electron chi connectivity index (χ3n) is 3.56. The van der Waals surface area contributed by atoms with Gasteiger partial charge in [-0.05, 0) is 32.4 Å². The summed E-state index contributed by atoms with van der Waals surface area (Å²) >= 11 is 0. The van der Waals surface area contributed by atoms with Gasteiger partial charge in [0.05, 0.1) is 5.69 Å². The highest BCUT2D eigenvalue weighted by molar-refractivity contribution is 5.44. The molecule has 0 radical (unpaired) electrons. The van der Waals surface area contributed by atoms with Gasteiger partial charge in [-0.2, -0.15) is 5.10 Å². The van der Waals surface area contributed by atoms with Crippen molar-refractivity contribution in [1.29, 1.82) is 0 Å². The van der Waals surface area contributed by atoms with Crippen molar-refractivity contribution in [2.45, 2.75) is 38.8 Å². The first-order chi connectivity index (χ1) is 8.74. The molecule has 96 valence electrons. The van der Waals surface area contributed by atoms with Gasteiger partial charge in [-0.3, -0.25) is 4.79 Å². The van der Waals surface area contributed by atoms with Crippen molar-refractivity contribution < 1.29 is 0 Å². The van der Waals surface area contributed by atoms with Crippen LogP contribution in [0.3, 0.4) is 0 Å². The van der Waals surface area contributed by atoms with Crippen molar-refractivity contribution in [3.8, 4) is 0 Å². The molecular formula is C13H18N4O. The molecule has 3 rings (SSSR count). The lowest BCUT2D eigenvalue weighted by Crippen LogP contribution is -2.39. The van der Waals surface area contributed by atoms with Crippen LogP contribution in [-0.4, -0.2) is 26.8 Å². The largest absolute Gasteiger partial charge is 0.312 e. The van der Waals surface area contributed by atoms with E-state index in [2.05, 4.69) is 10.4 Å². The van der Waals surface area contributed by atoms with Crippen molar-refractivity contribution in [1.82, 2.24) is 19.5 Å². The van der Waals surface area contributed by atoms with Gasteiger partial charge in [0.2, 0.25) is 0 Å². The van der Waals surface area contributed by atoms with Crippen LogP contribution in [0.1, 0.15) is 25.0 Å². The molecule has 0 spiro atoms. The summed E-state index contributed by atoms with van der Waals surface area (Å²) in [4.78, 5) is 12.3. The van der Waals surface area contributed by atoms with E-state index in [0.717, 1.165) is 25.2 Å². The van der Waals surface area contributed by atoms with Crippen LogP contribution in [0.4, 0.5) is 0 Å². The van der Waals surface area contributed by atoms with Crippen molar-refractivity contribution in [2.75, 3.05) is 6.54 Å². The first kappa shape index (κ1) is 11.5. The van der Waals surface area contributed by atoms with Gasteiger partial charge in [0.25, 0.3) is 5.56 Å². The van der Waals surface area contributed by atoms with Crippen LogP contribution in [0, 0.1) is 6.92 Å². The van der Waals surface area contributed by atoms with Gasteiger partial charge >= 0.3 is 0 Å². The highest BCUT2D eigenvalue weighted by Gasteiger charge is 2.14. The average molecular weight is 246 g/mol. The van der Waals surface area contributed by atoms with Gasteiger partial charge in [0, 0.05) is 25.0 Å². The Morgan fingerprint density at radius 1 is 1.44 bits per heavy atom. The smallest absolute Gasteiger partial charge is 0.276 e. The van der Waals surface area contributed by atoms with E-state index < -0.39 is 0 Å². The summed E-state index contributed by atoms with van der Waals surface area (Å²) in [5, 5.41) is 7.72. The molecule has 1 N–H and O–H groups in total. The molecule has 2 aromatic heterocycles. The number of fused-ring (bicyclic) bond motifs is 1. The topological polar surface area (TPSA) is 51.3 Å². The molecule has 0 saturated carbocycles. The zero-order chi connectivity index (χ0) is 12.5. The predicted octanol–water partition coefficient (Wildman–Crippen LogP) is 0.947. The second-order valence-electron chi connectivity index (χ2n) is 5.02. The zero-order valence-corrected chi connectivity index (χ0v) is 10.6. The van der Waals surface area contributed by atoms with Crippen molar-refractivity contribution in [2.24, 2.45) is 0 Å². The number of rotatable bonds is 2. The quantitative estimate of drug-likeness (QED) is 0.858. The van der Waals surface area contributed by atoms with Crippen molar-refractivity contribution in [3.63, 3.8) is 0 Å². The molecule has 1 saturated heterocycles. The number of hydrogen-bond donors (Lipinski definition) is 1. The Morgan fingerprint density at radius 2 is 2.33 bits per heavy atom. The average Bonchev–Trinajstić information content (AvgIpc) is 2.76. The van der Waals surface area contributed by atoms with Crippen LogP contribution in [0.2, 0.25) is 0 Å². The molecule has 2 aromatic rings. The van der Waals surface area contributed by atoms with E-state index in [1.807, 2.05) is 25.4 Å². The van der Waals surface area contributed by atoms with Gasteiger partial charge in [-0.15, -0.1) is 0 Å². The fraction of sp³-hybridized carbons (Fsp3) is 0.538. The monoisotopic (exact) mass is 246 g/mol. The number of hydrogen-bond acceptors (Lipinski definition) is 3. The molecule has 0 aromatic carbocycles. The molecule has 0 bridgehead atoms. The zero-order valence-electron chi connectivity index (χ0n) is 10.6. The lowest BCUT2D eigenvalue weighted by atomic mass is 10.1. The lowest BCUT2D eigenvalue weighted by Gasteiger charge is -2.24. The van der Waals surface area contributed by atoms with Crippen LogP contribution < -0.4 is 10.9 Å². The third-order valence-corrected chi connectivity index (χ3v) is 3.56. The minimum atomic E-state index is 0.0467. The van der Waals surface area contributed by atoms with E-state index in [-0.39, 0.29) is 5.56 Å². The van der Waals surface area contributed by atoms with E-state index in [1.54, 1.807) is 9.08 Å². The van der Waals surface area contributed by atoms with Gasteiger partial charge in [0.15, 0.2) is 0 Å². The maximum atomic E-state index is 12.3. The van der Waals surface area contributed by atoms with Gasteiger partial charge in [-0.25, -0.2) is 4.52 Å². The van der Waals surface area contributed by atoms with E-state index in [1.165, 1.54) is 12.8 Å². The van der Waals surface area contributed by atoms with E-state index in [0.29, 0.717) is 11.6 Å². The first-order valence-electron chi connectivity index (χ1n) is 6.53. The minimum Gasteiger partial charge on any atom is -0.312 e. The molecular weight excluding hydrogens is 228 g/mol. The molecule has 1 atom stereocenters. The highest BCUT2D eigenvalue weighted by atomic mass is 16.1. The van der Waals surface area contributed by atoms with Gasteiger partial charge < -0.3 is 9.88 Å². The minimum absolute atomic E-state index is 0.0467. The lowest BCUT2D eigenvalue weighted by molar-refractivity contribution is 0.359. The summed E-state index contributed by atoms with van der Waals surface area (Å²) in [6.45, 7) is 3.71. The summed E-state index contributed by atoms with van der Waals surface area (Å²) in [5.41, 5.74) is 1.58. The van der Waals surface area contributed by atoms with Crippen LogP contribution >= 0.6 is 0 Å². The van der Waals surface area contributed by atoms with E-state index >= 15 is 0 Å². The number of aromatic nitrogens is 3. The van der Waals surface area contributed by atoms with Crippen LogP contribution in [0.15, 0.2) is 23.3 Å². The molecule has 1 aliphatic heterocycles. The molecule has 1 aliphatic rings. The predicted molar refractivity (Wildman–Crippen MR) is 69.8 cm³/mol. The molecule has 0 aliphatic carbocycles. The van der Waals surface area contributed by atoms with Gasteiger partial charge in [0.1, 0.15) is 5.52 Å². The van der Waals surface area contributed by atoms with Crippen molar-refractivity contribution in [3.05, 3.63) is 34.5 Å². The normalized spacial score (nSPS) is 20.4.